The van der Waals surface area contributed by atoms with Gasteiger partial charge in [0.25, 0.3) is 0 Å². The average Bonchev–Trinajstić information content (AvgIpc) is 2.29. The predicted octanol–water partition coefficient (Wildman–Crippen LogP) is -0.0976. The van der Waals surface area contributed by atoms with Crippen LogP contribution in [0.3, 0.4) is 0 Å². The van der Waals surface area contributed by atoms with Gasteiger partial charge in [0.2, 0.25) is 0 Å². The third kappa shape index (κ3) is 4.10. The Labute approximate surface area is 94.2 Å². The first-order chi connectivity index (χ1) is 7.63. The summed E-state index contributed by atoms with van der Waals surface area (Å²) in [4.78, 5) is 11.5. The molecule has 88 valence electrons. The number of aliphatic hydroxyl groups is 3. The van der Waals surface area contributed by atoms with E-state index in [1.54, 1.807) is 0 Å². The Hall–Kier alpha value is -1.23. The zero-order valence-corrected chi connectivity index (χ0v) is 8.91. The summed E-state index contributed by atoms with van der Waals surface area (Å²) in [6.07, 6.45) is -2.35. The Morgan fingerprint density at radius 2 is 1.75 bits per heavy atom. The average molecular weight is 224 g/mol. The van der Waals surface area contributed by atoms with Gasteiger partial charge in [-0.15, -0.1) is 0 Å². The number of hydrogen-bond donors (Lipinski definition) is 3. The van der Waals surface area contributed by atoms with Crippen LogP contribution in [0.4, 0.5) is 0 Å². The second kappa shape index (κ2) is 6.37. The maximum atomic E-state index is 11.5. The van der Waals surface area contributed by atoms with Crippen LogP contribution < -0.4 is 0 Å². The van der Waals surface area contributed by atoms with Crippen LogP contribution in [-0.2, 0) is 11.2 Å². The summed E-state index contributed by atoms with van der Waals surface area (Å²) in [5, 5.41) is 27.0. The molecule has 0 spiro atoms. The fourth-order valence-electron chi connectivity index (χ4n) is 1.39. The number of rotatable bonds is 6. The molecule has 0 unspecified atom stereocenters. The van der Waals surface area contributed by atoms with Gasteiger partial charge in [-0.2, -0.15) is 0 Å². The lowest BCUT2D eigenvalue weighted by Gasteiger charge is -2.14. The number of carbonyl (C=O) groups excluding carboxylic acids is 1. The van der Waals surface area contributed by atoms with Gasteiger partial charge in [0.15, 0.2) is 0 Å². The monoisotopic (exact) mass is 224 g/mol. The molecule has 0 fully saturated rings. The topological polar surface area (TPSA) is 77.8 Å². The largest absolute Gasteiger partial charge is 0.394 e. The van der Waals surface area contributed by atoms with E-state index < -0.39 is 18.8 Å². The summed E-state index contributed by atoms with van der Waals surface area (Å²) in [6, 6.07) is 9.18. The molecule has 0 aliphatic carbocycles. The Kier molecular flexibility index (Phi) is 5.11. The molecule has 4 heteroatoms. The van der Waals surface area contributed by atoms with Crippen molar-refractivity contribution in [1.82, 2.24) is 0 Å². The van der Waals surface area contributed by atoms with Crippen molar-refractivity contribution in [1.29, 1.82) is 0 Å². The van der Waals surface area contributed by atoms with Gasteiger partial charge in [-0.05, 0) is 5.56 Å². The van der Waals surface area contributed by atoms with Crippen molar-refractivity contribution in [2.45, 2.75) is 25.0 Å². The summed E-state index contributed by atoms with van der Waals surface area (Å²) >= 11 is 0. The number of hydrogen-bond acceptors (Lipinski definition) is 4. The predicted molar refractivity (Wildman–Crippen MR) is 58.9 cm³/mol. The van der Waals surface area contributed by atoms with Crippen molar-refractivity contribution in [3.8, 4) is 0 Å². The van der Waals surface area contributed by atoms with E-state index in [2.05, 4.69) is 0 Å². The third-order valence-corrected chi connectivity index (χ3v) is 2.31. The zero-order chi connectivity index (χ0) is 12.0. The summed E-state index contributed by atoms with van der Waals surface area (Å²) in [7, 11) is 0. The molecule has 0 saturated heterocycles. The molecule has 0 heterocycles. The van der Waals surface area contributed by atoms with E-state index in [1.165, 1.54) is 0 Å². The molecule has 4 nitrogen and oxygen atoms in total. The molecule has 0 aromatic heterocycles. The van der Waals surface area contributed by atoms with Crippen LogP contribution in [-0.4, -0.2) is 39.9 Å². The van der Waals surface area contributed by atoms with Crippen LogP contribution in [0, 0.1) is 0 Å². The number of Topliss-reactive ketones (excluding diaryl/α,β-unsaturated/α-hetero) is 1. The van der Waals surface area contributed by atoms with Crippen molar-refractivity contribution < 1.29 is 20.1 Å². The second-order valence-corrected chi connectivity index (χ2v) is 3.72. The highest BCUT2D eigenvalue weighted by atomic mass is 16.4. The van der Waals surface area contributed by atoms with Crippen LogP contribution in [0.15, 0.2) is 30.3 Å². The second-order valence-electron chi connectivity index (χ2n) is 3.72. The number of carbonyl (C=O) groups is 1. The minimum atomic E-state index is -1.25. The molecule has 1 rings (SSSR count). The van der Waals surface area contributed by atoms with Crippen molar-refractivity contribution in [3.63, 3.8) is 0 Å². The van der Waals surface area contributed by atoms with Crippen LogP contribution in [0.25, 0.3) is 0 Å². The Bertz CT molecular complexity index is 323. The van der Waals surface area contributed by atoms with Gasteiger partial charge in [0, 0.05) is 12.8 Å². The van der Waals surface area contributed by atoms with Gasteiger partial charge in [-0.3, -0.25) is 4.79 Å². The first-order valence-electron chi connectivity index (χ1n) is 5.16. The molecule has 1 aromatic carbocycles. The third-order valence-electron chi connectivity index (χ3n) is 2.31. The number of aliphatic hydroxyl groups excluding tert-OH is 3. The van der Waals surface area contributed by atoms with Gasteiger partial charge in [0.1, 0.15) is 11.9 Å². The minimum absolute atomic E-state index is 0.142. The van der Waals surface area contributed by atoms with Crippen molar-refractivity contribution in [2.24, 2.45) is 0 Å². The lowest BCUT2D eigenvalue weighted by Crippen LogP contribution is -2.31. The normalized spacial score (nSPS) is 14.4. The Balaban J connectivity index is 2.42. The first-order valence-corrected chi connectivity index (χ1v) is 5.16. The van der Waals surface area contributed by atoms with Gasteiger partial charge < -0.3 is 15.3 Å². The SMILES string of the molecule is O=C(Cc1ccccc1)C[C@@H](O)[C@@H](O)CO. The fourth-order valence-corrected chi connectivity index (χ4v) is 1.39. The summed E-state index contributed by atoms with van der Waals surface area (Å²) < 4.78 is 0. The lowest BCUT2D eigenvalue weighted by molar-refractivity contribution is -0.122. The highest BCUT2D eigenvalue weighted by Gasteiger charge is 2.18. The number of benzene rings is 1. The van der Waals surface area contributed by atoms with Crippen LogP contribution in [0.1, 0.15) is 12.0 Å². The zero-order valence-electron chi connectivity index (χ0n) is 8.91. The standard InChI is InChI=1S/C12H16O4/c13-8-12(16)11(15)7-10(14)6-9-4-2-1-3-5-9/h1-5,11-13,15-16H,6-8H2/t11-,12+/m1/s1. The molecule has 0 amide bonds. The van der Waals surface area contributed by atoms with E-state index >= 15 is 0 Å². The fraction of sp³-hybridized carbons (Fsp3) is 0.417. The maximum absolute atomic E-state index is 11.5. The molecule has 2 atom stereocenters. The molecule has 0 saturated carbocycles. The van der Waals surface area contributed by atoms with E-state index in [4.69, 9.17) is 10.2 Å². The molecular weight excluding hydrogens is 208 g/mol. The lowest BCUT2D eigenvalue weighted by atomic mass is 10.0. The van der Waals surface area contributed by atoms with Gasteiger partial charge in [-0.1, -0.05) is 30.3 Å². The van der Waals surface area contributed by atoms with Crippen molar-refractivity contribution in [3.05, 3.63) is 35.9 Å². The van der Waals surface area contributed by atoms with Crippen molar-refractivity contribution >= 4 is 5.78 Å². The smallest absolute Gasteiger partial charge is 0.139 e. The molecule has 16 heavy (non-hydrogen) atoms. The molecule has 0 bridgehead atoms. The van der Waals surface area contributed by atoms with Crippen LogP contribution in [0.5, 0.6) is 0 Å². The summed E-state index contributed by atoms with van der Waals surface area (Å²) in [6.45, 7) is -0.542. The van der Waals surface area contributed by atoms with E-state index in [1.807, 2.05) is 30.3 Å². The first kappa shape index (κ1) is 12.8. The van der Waals surface area contributed by atoms with E-state index in [0.717, 1.165) is 5.56 Å². The Morgan fingerprint density at radius 3 is 2.31 bits per heavy atom. The van der Waals surface area contributed by atoms with E-state index in [0.29, 0.717) is 0 Å². The van der Waals surface area contributed by atoms with Gasteiger partial charge >= 0.3 is 0 Å². The van der Waals surface area contributed by atoms with Crippen LogP contribution >= 0.6 is 0 Å². The van der Waals surface area contributed by atoms with Gasteiger partial charge in [-0.25, -0.2) is 0 Å². The molecule has 0 radical (unpaired) electrons. The summed E-state index contributed by atoms with van der Waals surface area (Å²) in [5.74, 6) is -0.161. The molecule has 1 aromatic rings. The molecule has 0 aliphatic rings. The highest BCUT2D eigenvalue weighted by molar-refractivity contribution is 5.81. The Morgan fingerprint density at radius 1 is 1.12 bits per heavy atom. The van der Waals surface area contributed by atoms with E-state index in [-0.39, 0.29) is 18.6 Å². The number of ketones is 1. The van der Waals surface area contributed by atoms with E-state index in [9.17, 15) is 9.90 Å². The summed E-state index contributed by atoms with van der Waals surface area (Å²) in [5.41, 5.74) is 0.873. The quantitative estimate of drug-likeness (QED) is 0.630. The molecule has 3 N–H and O–H groups in total. The maximum Gasteiger partial charge on any atom is 0.139 e. The minimum Gasteiger partial charge on any atom is -0.394 e. The van der Waals surface area contributed by atoms with Gasteiger partial charge in [0.05, 0.1) is 12.7 Å². The molecular formula is C12H16O4. The van der Waals surface area contributed by atoms with Crippen molar-refractivity contribution in [2.75, 3.05) is 6.61 Å². The molecule has 0 aliphatic heterocycles. The highest BCUT2D eigenvalue weighted by Crippen LogP contribution is 2.05. The van der Waals surface area contributed by atoms with Crippen LogP contribution in [0.2, 0.25) is 0 Å².